The highest BCUT2D eigenvalue weighted by Gasteiger charge is 2.14. The lowest BCUT2D eigenvalue weighted by Crippen LogP contribution is -2.24. The third-order valence-corrected chi connectivity index (χ3v) is 5.01. The Balaban J connectivity index is 1.63. The third kappa shape index (κ3) is 4.52. The Morgan fingerprint density at radius 1 is 1.12 bits per heavy atom. The van der Waals surface area contributed by atoms with Crippen LogP contribution in [0.1, 0.15) is 11.1 Å². The van der Waals surface area contributed by atoms with Crippen molar-refractivity contribution < 1.29 is 13.3 Å². The monoisotopic (exact) mass is 372 g/mol. The van der Waals surface area contributed by atoms with E-state index in [1.807, 2.05) is 35.0 Å². The topological polar surface area (TPSA) is 107 Å². The van der Waals surface area contributed by atoms with E-state index in [1.54, 1.807) is 18.6 Å². The molecule has 0 saturated carbocycles. The largest absolute Gasteiger partial charge is 0.306 e. The molecule has 26 heavy (non-hydrogen) atoms. The molecule has 0 bridgehead atoms. The second-order valence-electron chi connectivity index (χ2n) is 5.64. The molecule has 0 fully saturated rings. The number of nitrogens with one attached hydrogen (secondary N) is 1. The zero-order valence-corrected chi connectivity index (χ0v) is 14.5. The molecule has 9 heteroatoms. The first-order valence-electron chi connectivity index (χ1n) is 7.71. The third-order valence-electron chi connectivity index (χ3n) is 3.71. The van der Waals surface area contributed by atoms with Gasteiger partial charge in [0.05, 0.1) is 17.0 Å². The van der Waals surface area contributed by atoms with E-state index in [0.29, 0.717) is 5.56 Å². The molecular formula is C17H16N4O4S. The van der Waals surface area contributed by atoms with E-state index in [-0.39, 0.29) is 18.0 Å². The Hall–Kier alpha value is -3.04. The van der Waals surface area contributed by atoms with Crippen LogP contribution in [0.4, 0.5) is 5.69 Å². The van der Waals surface area contributed by atoms with Gasteiger partial charge in [0.15, 0.2) is 0 Å². The van der Waals surface area contributed by atoms with Crippen molar-refractivity contribution in [2.75, 3.05) is 0 Å². The van der Waals surface area contributed by atoms with Gasteiger partial charge in [0.2, 0.25) is 10.0 Å². The van der Waals surface area contributed by atoms with E-state index < -0.39 is 14.9 Å². The normalized spacial score (nSPS) is 11.4. The van der Waals surface area contributed by atoms with Crippen molar-refractivity contribution in [2.45, 2.75) is 12.3 Å². The lowest BCUT2D eigenvalue weighted by atomic mass is 10.2. The van der Waals surface area contributed by atoms with Crippen LogP contribution in [0, 0.1) is 10.1 Å². The minimum absolute atomic E-state index is 0.132. The number of nitro groups is 1. The molecule has 8 nitrogen and oxygen atoms in total. The summed E-state index contributed by atoms with van der Waals surface area (Å²) in [6.07, 6.45) is 5.17. The summed E-state index contributed by atoms with van der Waals surface area (Å²) in [4.78, 5) is 14.2. The fourth-order valence-corrected chi connectivity index (χ4v) is 3.53. The average Bonchev–Trinajstić information content (AvgIpc) is 3.15. The molecule has 3 aromatic rings. The van der Waals surface area contributed by atoms with Crippen LogP contribution in [0.2, 0.25) is 0 Å². The molecule has 0 spiro atoms. The first-order valence-corrected chi connectivity index (χ1v) is 9.36. The second kappa shape index (κ2) is 7.46. The number of rotatable bonds is 7. The Labute approximate surface area is 150 Å². The number of hydrogen-bond donors (Lipinski definition) is 1. The molecule has 0 saturated heterocycles. The van der Waals surface area contributed by atoms with Gasteiger partial charge in [0.1, 0.15) is 0 Å². The summed E-state index contributed by atoms with van der Waals surface area (Å²) in [5, 5.41) is 10.8. The number of nitrogens with zero attached hydrogens (tertiary/aromatic N) is 3. The Morgan fingerprint density at radius 2 is 1.88 bits per heavy atom. The van der Waals surface area contributed by atoms with Crippen molar-refractivity contribution in [3.05, 3.63) is 88.5 Å². The van der Waals surface area contributed by atoms with Gasteiger partial charge in [-0.3, -0.25) is 10.1 Å². The van der Waals surface area contributed by atoms with E-state index in [4.69, 9.17) is 0 Å². The summed E-state index contributed by atoms with van der Waals surface area (Å²) < 4.78 is 28.8. The summed E-state index contributed by atoms with van der Waals surface area (Å²) in [5.74, 6) is -0.318. The second-order valence-corrected chi connectivity index (χ2v) is 7.45. The molecule has 0 radical (unpaired) electrons. The quantitative estimate of drug-likeness (QED) is 0.506. The van der Waals surface area contributed by atoms with Gasteiger partial charge in [-0.1, -0.05) is 24.3 Å². The van der Waals surface area contributed by atoms with Crippen LogP contribution in [-0.2, 0) is 22.3 Å². The highest BCUT2D eigenvalue weighted by Crippen LogP contribution is 2.15. The highest BCUT2D eigenvalue weighted by molar-refractivity contribution is 7.88. The number of nitro benzene ring substituents is 1. The standard InChI is InChI=1S/C17H16N4O4S/c22-21(23)17-3-1-2-15(10-17)12-26(24,25)19-11-14-4-6-16(7-5-14)20-9-8-18-13-20/h1-10,13,19H,11-12H2. The van der Waals surface area contributed by atoms with Crippen molar-refractivity contribution in [3.63, 3.8) is 0 Å². The Bertz CT molecular complexity index is 1000. The van der Waals surface area contributed by atoms with Gasteiger partial charge in [-0.05, 0) is 23.3 Å². The van der Waals surface area contributed by atoms with E-state index in [2.05, 4.69) is 9.71 Å². The molecule has 1 heterocycles. The number of aromatic nitrogens is 2. The van der Waals surface area contributed by atoms with Gasteiger partial charge >= 0.3 is 0 Å². The summed E-state index contributed by atoms with van der Waals surface area (Å²) in [5.41, 5.74) is 1.96. The summed E-state index contributed by atoms with van der Waals surface area (Å²) in [7, 11) is -3.62. The number of sulfonamides is 1. The van der Waals surface area contributed by atoms with Gasteiger partial charge in [0, 0.05) is 36.8 Å². The lowest BCUT2D eigenvalue weighted by molar-refractivity contribution is -0.384. The van der Waals surface area contributed by atoms with Crippen molar-refractivity contribution in [3.8, 4) is 5.69 Å². The van der Waals surface area contributed by atoms with E-state index >= 15 is 0 Å². The Kier molecular flexibility index (Phi) is 5.10. The first-order chi connectivity index (χ1) is 12.4. The van der Waals surface area contributed by atoms with Crippen LogP contribution < -0.4 is 4.72 Å². The number of imidazole rings is 1. The number of benzene rings is 2. The molecule has 1 aromatic heterocycles. The molecule has 2 aromatic carbocycles. The number of non-ortho nitro benzene ring substituents is 1. The van der Waals surface area contributed by atoms with E-state index in [1.165, 1.54) is 18.2 Å². The van der Waals surface area contributed by atoms with Crippen molar-refractivity contribution >= 4 is 15.7 Å². The first kappa shape index (κ1) is 17.8. The van der Waals surface area contributed by atoms with Crippen LogP contribution in [0.5, 0.6) is 0 Å². The summed E-state index contributed by atoms with van der Waals surface area (Å²) in [6, 6.07) is 13.0. The van der Waals surface area contributed by atoms with Crippen molar-refractivity contribution in [2.24, 2.45) is 0 Å². The SMILES string of the molecule is O=[N+]([O-])c1cccc(CS(=O)(=O)NCc2ccc(-n3ccnc3)cc2)c1. The Morgan fingerprint density at radius 3 is 2.54 bits per heavy atom. The minimum Gasteiger partial charge on any atom is -0.306 e. The molecule has 0 aliphatic rings. The van der Waals surface area contributed by atoms with Crippen molar-refractivity contribution in [1.29, 1.82) is 0 Å². The molecule has 3 rings (SSSR count). The average molecular weight is 372 g/mol. The maximum absolute atomic E-state index is 12.2. The molecular weight excluding hydrogens is 356 g/mol. The van der Waals surface area contributed by atoms with Gasteiger partial charge in [-0.25, -0.2) is 18.1 Å². The maximum atomic E-state index is 12.2. The molecule has 0 unspecified atom stereocenters. The van der Waals surface area contributed by atoms with Crippen LogP contribution in [0.3, 0.4) is 0 Å². The molecule has 0 aliphatic carbocycles. The van der Waals surface area contributed by atoms with E-state index in [0.717, 1.165) is 11.3 Å². The molecule has 1 N–H and O–H groups in total. The fourth-order valence-electron chi connectivity index (χ4n) is 2.42. The fraction of sp³-hybridized carbons (Fsp3) is 0.118. The predicted molar refractivity (Wildman–Crippen MR) is 96.1 cm³/mol. The van der Waals surface area contributed by atoms with E-state index in [9.17, 15) is 18.5 Å². The summed E-state index contributed by atoms with van der Waals surface area (Å²) >= 11 is 0. The zero-order chi connectivity index (χ0) is 18.6. The maximum Gasteiger partial charge on any atom is 0.269 e. The van der Waals surface area contributed by atoms with Crippen LogP contribution >= 0.6 is 0 Å². The molecule has 0 amide bonds. The molecule has 0 atom stereocenters. The minimum atomic E-state index is -3.62. The predicted octanol–water partition coefficient (Wildman–Crippen LogP) is 2.40. The van der Waals surface area contributed by atoms with Gasteiger partial charge in [-0.15, -0.1) is 0 Å². The van der Waals surface area contributed by atoms with Crippen molar-refractivity contribution in [1.82, 2.24) is 14.3 Å². The molecule has 0 aliphatic heterocycles. The van der Waals surface area contributed by atoms with Gasteiger partial charge in [0.25, 0.3) is 5.69 Å². The summed E-state index contributed by atoms with van der Waals surface area (Å²) in [6.45, 7) is 0.140. The van der Waals surface area contributed by atoms with Crippen LogP contribution in [0.15, 0.2) is 67.3 Å². The lowest BCUT2D eigenvalue weighted by Gasteiger charge is -2.08. The highest BCUT2D eigenvalue weighted by atomic mass is 32.2. The van der Waals surface area contributed by atoms with Crippen LogP contribution in [0.25, 0.3) is 5.69 Å². The van der Waals surface area contributed by atoms with Gasteiger partial charge < -0.3 is 4.57 Å². The molecule has 134 valence electrons. The smallest absolute Gasteiger partial charge is 0.269 e. The zero-order valence-electron chi connectivity index (χ0n) is 13.6. The van der Waals surface area contributed by atoms with Gasteiger partial charge in [-0.2, -0.15) is 0 Å². The number of hydrogen-bond acceptors (Lipinski definition) is 5. The van der Waals surface area contributed by atoms with Crippen LogP contribution in [-0.4, -0.2) is 22.9 Å².